The van der Waals surface area contributed by atoms with Gasteiger partial charge in [0.2, 0.25) is 0 Å². The molecule has 3 rings (SSSR count). The van der Waals surface area contributed by atoms with Gasteiger partial charge in [0, 0.05) is 18.0 Å². The summed E-state index contributed by atoms with van der Waals surface area (Å²) in [6, 6.07) is 14.3. The second-order valence-corrected chi connectivity index (χ2v) is 5.23. The topological polar surface area (TPSA) is 33.1 Å². The average Bonchev–Trinajstić information content (AvgIpc) is 2.91. The fourth-order valence-corrected chi connectivity index (χ4v) is 2.71. The molecule has 1 heterocycles. The first-order valence-electron chi connectivity index (χ1n) is 5.88. The Kier molecular flexibility index (Phi) is 3.09. The second-order valence-electron chi connectivity index (χ2n) is 4.25. The molecule has 0 aliphatic carbocycles. The lowest BCUT2D eigenvalue weighted by Crippen LogP contribution is -2.01. The number of nitrogens with zero attached hydrogens (tertiary/aromatic N) is 1. The van der Waals surface area contributed by atoms with Crippen LogP contribution in [0.25, 0.3) is 10.8 Å². The van der Waals surface area contributed by atoms with Crippen molar-refractivity contribution in [3.8, 4) is 0 Å². The van der Waals surface area contributed by atoms with Crippen LogP contribution in [0.1, 0.15) is 16.7 Å². The van der Waals surface area contributed by atoms with E-state index in [1.165, 1.54) is 5.39 Å². The summed E-state index contributed by atoms with van der Waals surface area (Å²) in [6.07, 6.45) is 1.86. The molecule has 0 bridgehead atoms. The number of aliphatic hydroxyl groups excluding tert-OH is 1. The van der Waals surface area contributed by atoms with Crippen LogP contribution >= 0.6 is 11.3 Å². The predicted octanol–water partition coefficient (Wildman–Crippen LogP) is 3.57. The van der Waals surface area contributed by atoms with Gasteiger partial charge in [-0.3, -0.25) is 0 Å². The molecule has 0 aliphatic rings. The summed E-state index contributed by atoms with van der Waals surface area (Å²) < 4.78 is 0. The number of aromatic nitrogens is 1. The number of benzene rings is 2. The molecule has 3 heteroatoms. The van der Waals surface area contributed by atoms with Gasteiger partial charge in [-0.1, -0.05) is 36.4 Å². The van der Waals surface area contributed by atoms with Crippen LogP contribution in [0, 0.1) is 0 Å². The van der Waals surface area contributed by atoms with Gasteiger partial charge in [-0.2, -0.15) is 0 Å². The summed E-state index contributed by atoms with van der Waals surface area (Å²) in [4.78, 5) is 4.20. The number of rotatable bonds is 3. The molecule has 18 heavy (non-hydrogen) atoms. The molecule has 1 atom stereocenters. The highest BCUT2D eigenvalue weighted by Gasteiger charge is 2.10. The van der Waals surface area contributed by atoms with Crippen molar-refractivity contribution in [2.45, 2.75) is 12.5 Å². The molecule has 0 spiro atoms. The molecular weight excluding hydrogens is 242 g/mol. The number of aliphatic hydroxyl groups is 1. The van der Waals surface area contributed by atoms with Crippen molar-refractivity contribution in [1.82, 2.24) is 4.98 Å². The SMILES string of the molecule is OC(Cc1nccs1)c1ccc2ccccc2c1. The van der Waals surface area contributed by atoms with Crippen LogP contribution < -0.4 is 0 Å². The summed E-state index contributed by atoms with van der Waals surface area (Å²) in [7, 11) is 0. The first-order valence-corrected chi connectivity index (χ1v) is 6.76. The predicted molar refractivity (Wildman–Crippen MR) is 74.7 cm³/mol. The minimum Gasteiger partial charge on any atom is -0.388 e. The molecule has 1 unspecified atom stereocenters. The van der Waals surface area contributed by atoms with E-state index < -0.39 is 6.10 Å². The van der Waals surface area contributed by atoms with Crippen LogP contribution in [0.5, 0.6) is 0 Å². The lowest BCUT2D eigenvalue weighted by atomic mass is 10.0. The average molecular weight is 255 g/mol. The van der Waals surface area contributed by atoms with E-state index in [4.69, 9.17) is 0 Å². The molecule has 0 saturated heterocycles. The van der Waals surface area contributed by atoms with Crippen molar-refractivity contribution in [2.75, 3.05) is 0 Å². The minimum atomic E-state index is -0.485. The third-order valence-corrected chi connectivity index (χ3v) is 3.81. The maximum atomic E-state index is 10.2. The van der Waals surface area contributed by atoms with E-state index in [0.717, 1.165) is 16.0 Å². The fourth-order valence-electron chi connectivity index (χ4n) is 2.05. The Morgan fingerprint density at radius 1 is 1.11 bits per heavy atom. The van der Waals surface area contributed by atoms with Crippen molar-refractivity contribution in [1.29, 1.82) is 0 Å². The second kappa shape index (κ2) is 4.88. The summed E-state index contributed by atoms with van der Waals surface area (Å²) >= 11 is 1.58. The van der Waals surface area contributed by atoms with Gasteiger partial charge >= 0.3 is 0 Å². The smallest absolute Gasteiger partial charge is 0.0954 e. The van der Waals surface area contributed by atoms with Crippen LogP contribution in [0.2, 0.25) is 0 Å². The molecule has 0 fully saturated rings. The van der Waals surface area contributed by atoms with Crippen molar-refractivity contribution in [2.24, 2.45) is 0 Å². The zero-order valence-corrected chi connectivity index (χ0v) is 10.6. The van der Waals surface area contributed by atoms with E-state index in [2.05, 4.69) is 23.2 Å². The Labute approximate surface area is 110 Å². The quantitative estimate of drug-likeness (QED) is 0.776. The highest BCUT2D eigenvalue weighted by Crippen LogP contribution is 2.23. The number of hydrogen-bond acceptors (Lipinski definition) is 3. The fraction of sp³-hybridized carbons (Fsp3) is 0.133. The highest BCUT2D eigenvalue weighted by atomic mass is 32.1. The van der Waals surface area contributed by atoms with E-state index in [1.54, 1.807) is 17.5 Å². The van der Waals surface area contributed by atoms with Crippen LogP contribution in [0.3, 0.4) is 0 Å². The monoisotopic (exact) mass is 255 g/mol. The van der Waals surface area contributed by atoms with E-state index >= 15 is 0 Å². The van der Waals surface area contributed by atoms with Crippen molar-refractivity contribution >= 4 is 22.1 Å². The van der Waals surface area contributed by atoms with Gasteiger partial charge in [0.1, 0.15) is 0 Å². The number of thiazole rings is 1. The van der Waals surface area contributed by atoms with E-state index in [0.29, 0.717) is 6.42 Å². The van der Waals surface area contributed by atoms with Crippen LogP contribution in [0.4, 0.5) is 0 Å². The maximum Gasteiger partial charge on any atom is 0.0954 e. The highest BCUT2D eigenvalue weighted by molar-refractivity contribution is 7.09. The first kappa shape index (κ1) is 11.4. The van der Waals surface area contributed by atoms with Crippen LogP contribution in [0.15, 0.2) is 54.0 Å². The van der Waals surface area contributed by atoms with Crippen molar-refractivity contribution in [3.05, 3.63) is 64.6 Å². The molecule has 1 N–H and O–H groups in total. The van der Waals surface area contributed by atoms with Gasteiger partial charge < -0.3 is 5.11 Å². The van der Waals surface area contributed by atoms with Crippen LogP contribution in [-0.2, 0) is 6.42 Å². The Morgan fingerprint density at radius 2 is 1.94 bits per heavy atom. The van der Waals surface area contributed by atoms with E-state index in [-0.39, 0.29) is 0 Å². The standard InChI is InChI=1S/C15H13NOS/c17-14(10-15-16-7-8-18-15)13-6-5-11-3-1-2-4-12(11)9-13/h1-9,14,17H,10H2. The van der Waals surface area contributed by atoms with Crippen molar-refractivity contribution in [3.63, 3.8) is 0 Å². The van der Waals surface area contributed by atoms with E-state index in [9.17, 15) is 5.11 Å². The largest absolute Gasteiger partial charge is 0.388 e. The molecule has 3 aromatic rings. The summed E-state index contributed by atoms with van der Waals surface area (Å²) in [5.41, 5.74) is 0.948. The Bertz CT molecular complexity index is 648. The number of fused-ring (bicyclic) bond motifs is 1. The third-order valence-electron chi connectivity index (χ3n) is 3.01. The molecule has 0 radical (unpaired) electrons. The van der Waals surface area contributed by atoms with Gasteiger partial charge in [-0.05, 0) is 22.4 Å². The molecule has 2 aromatic carbocycles. The minimum absolute atomic E-state index is 0.485. The Morgan fingerprint density at radius 3 is 2.72 bits per heavy atom. The number of hydrogen-bond donors (Lipinski definition) is 1. The van der Waals surface area contributed by atoms with Gasteiger partial charge in [0.05, 0.1) is 11.1 Å². The normalized spacial score (nSPS) is 12.7. The Balaban J connectivity index is 1.89. The molecule has 1 aromatic heterocycles. The molecule has 2 nitrogen and oxygen atoms in total. The van der Waals surface area contributed by atoms with Crippen LogP contribution in [-0.4, -0.2) is 10.1 Å². The van der Waals surface area contributed by atoms with Gasteiger partial charge in [0.25, 0.3) is 0 Å². The lowest BCUT2D eigenvalue weighted by molar-refractivity contribution is 0.178. The molecule has 0 amide bonds. The molecule has 0 saturated carbocycles. The third kappa shape index (κ3) is 2.28. The zero-order chi connectivity index (χ0) is 12.4. The maximum absolute atomic E-state index is 10.2. The summed E-state index contributed by atoms with van der Waals surface area (Å²) in [6.45, 7) is 0. The first-order chi connectivity index (χ1) is 8.83. The van der Waals surface area contributed by atoms with Gasteiger partial charge in [-0.25, -0.2) is 4.98 Å². The van der Waals surface area contributed by atoms with Gasteiger partial charge in [0.15, 0.2) is 0 Å². The molecule has 90 valence electrons. The van der Waals surface area contributed by atoms with Crippen molar-refractivity contribution < 1.29 is 5.11 Å². The Hall–Kier alpha value is -1.71. The van der Waals surface area contributed by atoms with E-state index in [1.807, 2.05) is 29.6 Å². The molecular formula is C15H13NOS. The zero-order valence-electron chi connectivity index (χ0n) is 9.78. The van der Waals surface area contributed by atoms with Gasteiger partial charge in [-0.15, -0.1) is 11.3 Å². The summed E-state index contributed by atoms with van der Waals surface area (Å²) in [5, 5.41) is 15.5. The lowest BCUT2D eigenvalue weighted by Gasteiger charge is -2.10. The molecule has 0 aliphatic heterocycles. The summed E-state index contributed by atoms with van der Waals surface area (Å²) in [5.74, 6) is 0.